The normalized spacial score (nSPS) is 12.2. The Morgan fingerprint density at radius 2 is 2.12 bits per heavy atom. The van der Waals surface area contributed by atoms with E-state index < -0.39 is 17.9 Å². The van der Waals surface area contributed by atoms with Crippen molar-refractivity contribution in [2.24, 2.45) is 5.92 Å². The number of carbonyl (C=O) groups excluding carboxylic acids is 1. The summed E-state index contributed by atoms with van der Waals surface area (Å²) in [5.74, 6) is -1.75. The highest BCUT2D eigenvalue weighted by Gasteiger charge is 2.25. The lowest BCUT2D eigenvalue weighted by molar-refractivity contribution is -0.140. The maximum absolute atomic E-state index is 11.8. The molecule has 6 heteroatoms. The minimum Gasteiger partial charge on any atom is -0.480 e. The summed E-state index contributed by atoms with van der Waals surface area (Å²) in [5, 5.41) is 11.4. The number of amides is 1. The standard InChI is InChI=1S/C11H13BrN2O3/c1-6(2)8(11(16)17)14-10(15)9-7(12)4-3-5-13-9/h3-6,8H,1-2H3,(H,14,15)(H,16,17)/t8-/m1/s1. The van der Waals surface area contributed by atoms with Crippen molar-refractivity contribution in [1.29, 1.82) is 0 Å². The van der Waals surface area contributed by atoms with Crippen LogP contribution in [-0.2, 0) is 4.79 Å². The third-order valence-electron chi connectivity index (χ3n) is 2.19. The number of hydrogen-bond acceptors (Lipinski definition) is 3. The van der Waals surface area contributed by atoms with Crippen molar-refractivity contribution in [1.82, 2.24) is 10.3 Å². The molecule has 2 N–H and O–H groups in total. The summed E-state index contributed by atoms with van der Waals surface area (Å²) in [7, 11) is 0. The van der Waals surface area contributed by atoms with Gasteiger partial charge >= 0.3 is 5.97 Å². The highest BCUT2D eigenvalue weighted by Crippen LogP contribution is 2.13. The van der Waals surface area contributed by atoms with E-state index >= 15 is 0 Å². The number of nitrogens with zero attached hydrogens (tertiary/aromatic N) is 1. The average molecular weight is 301 g/mol. The second-order valence-electron chi connectivity index (χ2n) is 3.87. The predicted molar refractivity (Wildman–Crippen MR) is 65.7 cm³/mol. The largest absolute Gasteiger partial charge is 0.480 e. The van der Waals surface area contributed by atoms with E-state index in [4.69, 9.17) is 5.11 Å². The van der Waals surface area contributed by atoms with Gasteiger partial charge in [0.25, 0.3) is 5.91 Å². The van der Waals surface area contributed by atoms with Gasteiger partial charge in [-0.15, -0.1) is 0 Å². The molecule has 5 nitrogen and oxygen atoms in total. The van der Waals surface area contributed by atoms with Crippen LogP contribution in [0.3, 0.4) is 0 Å². The van der Waals surface area contributed by atoms with E-state index in [9.17, 15) is 9.59 Å². The molecule has 92 valence electrons. The van der Waals surface area contributed by atoms with Crippen LogP contribution in [0.5, 0.6) is 0 Å². The zero-order chi connectivity index (χ0) is 13.0. The molecule has 0 bridgehead atoms. The molecule has 1 aromatic heterocycles. The topological polar surface area (TPSA) is 79.3 Å². The molecule has 0 saturated carbocycles. The van der Waals surface area contributed by atoms with Gasteiger partial charge in [-0.25, -0.2) is 9.78 Å². The molecule has 0 saturated heterocycles. The first-order valence-corrected chi connectivity index (χ1v) is 5.87. The molecule has 0 aliphatic rings. The number of rotatable bonds is 4. The summed E-state index contributed by atoms with van der Waals surface area (Å²) in [6.07, 6.45) is 1.48. The van der Waals surface area contributed by atoms with Gasteiger partial charge in [0.15, 0.2) is 0 Å². The van der Waals surface area contributed by atoms with Gasteiger partial charge in [0, 0.05) is 10.7 Å². The molecule has 0 spiro atoms. The van der Waals surface area contributed by atoms with Gasteiger partial charge in [-0.1, -0.05) is 13.8 Å². The lowest BCUT2D eigenvalue weighted by Crippen LogP contribution is -2.44. The fourth-order valence-corrected chi connectivity index (χ4v) is 1.71. The smallest absolute Gasteiger partial charge is 0.326 e. The number of carbonyl (C=O) groups is 2. The summed E-state index contributed by atoms with van der Waals surface area (Å²) >= 11 is 3.19. The van der Waals surface area contributed by atoms with Crippen molar-refractivity contribution in [2.75, 3.05) is 0 Å². The molecular formula is C11H13BrN2O3. The van der Waals surface area contributed by atoms with E-state index in [0.717, 1.165) is 0 Å². The van der Waals surface area contributed by atoms with E-state index in [-0.39, 0.29) is 11.6 Å². The Kier molecular flexibility index (Phi) is 4.62. The molecule has 0 aliphatic heterocycles. The third kappa shape index (κ3) is 3.52. The Hall–Kier alpha value is -1.43. The Morgan fingerprint density at radius 1 is 1.47 bits per heavy atom. The molecule has 0 aliphatic carbocycles. The van der Waals surface area contributed by atoms with Gasteiger partial charge in [-0.2, -0.15) is 0 Å². The Bertz CT molecular complexity index is 434. The molecule has 0 unspecified atom stereocenters. The molecule has 1 rings (SSSR count). The van der Waals surface area contributed by atoms with Crippen LogP contribution in [0.4, 0.5) is 0 Å². The monoisotopic (exact) mass is 300 g/mol. The molecule has 1 amide bonds. The summed E-state index contributed by atoms with van der Waals surface area (Å²) in [5.41, 5.74) is 0.180. The van der Waals surface area contributed by atoms with Gasteiger partial charge in [-0.3, -0.25) is 4.79 Å². The quantitative estimate of drug-likeness (QED) is 0.887. The molecule has 1 heterocycles. The van der Waals surface area contributed by atoms with E-state index in [2.05, 4.69) is 26.2 Å². The van der Waals surface area contributed by atoms with E-state index in [1.165, 1.54) is 6.20 Å². The Morgan fingerprint density at radius 3 is 2.59 bits per heavy atom. The van der Waals surface area contributed by atoms with Crippen LogP contribution in [0.25, 0.3) is 0 Å². The van der Waals surface area contributed by atoms with E-state index in [1.807, 2.05) is 0 Å². The number of carboxylic acid groups (broad SMARTS) is 1. The van der Waals surface area contributed by atoms with Crippen molar-refractivity contribution in [3.05, 3.63) is 28.5 Å². The average Bonchev–Trinajstić information content (AvgIpc) is 2.25. The highest BCUT2D eigenvalue weighted by molar-refractivity contribution is 9.10. The second kappa shape index (κ2) is 5.77. The zero-order valence-corrected chi connectivity index (χ0v) is 11.1. The molecule has 1 atom stereocenters. The van der Waals surface area contributed by atoms with Crippen LogP contribution in [0, 0.1) is 5.92 Å². The van der Waals surface area contributed by atoms with Crippen LogP contribution in [-0.4, -0.2) is 28.0 Å². The summed E-state index contributed by atoms with van der Waals surface area (Å²) in [4.78, 5) is 26.7. The number of nitrogens with one attached hydrogen (secondary N) is 1. The van der Waals surface area contributed by atoms with Crippen molar-refractivity contribution in [3.63, 3.8) is 0 Å². The molecule has 0 radical (unpaired) electrons. The summed E-state index contributed by atoms with van der Waals surface area (Å²) in [6, 6.07) is 2.43. The van der Waals surface area contributed by atoms with Crippen molar-refractivity contribution >= 4 is 27.8 Å². The fraction of sp³-hybridized carbons (Fsp3) is 0.364. The number of halogens is 1. The van der Waals surface area contributed by atoms with Crippen LogP contribution in [0.15, 0.2) is 22.8 Å². The zero-order valence-electron chi connectivity index (χ0n) is 9.48. The SMILES string of the molecule is CC(C)[C@@H](NC(=O)c1ncccc1Br)C(=O)O. The maximum Gasteiger partial charge on any atom is 0.326 e. The van der Waals surface area contributed by atoms with Crippen molar-refractivity contribution < 1.29 is 14.7 Å². The maximum atomic E-state index is 11.8. The fourth-order valence-electron chi connectivity index (χ4n) is 1.28. The number of pyridine rings is 1. The van der Waals surface area contributed by atoms with Gasteiger partial charge in [0.05, 0.1) is 0 Å². The number of hydrogen-bond donors (Lipinski definition) is 2. The predicted octanol–water partition coefficient (Wildman–Crippen LogP) is 1.68. The Balaban J connectivity index is 2.85. The minimum atomic E-state index is -1.06. The summed E-state index contributed by atoms with van der Waals surface area (Å²) in [6.45, 7) is 3.46. The van der Waals surface area contributed by atoms with E-state index in [1.54, 1.807) is 26.0 Å². The lowest BCUT2D eigenvalue weighted by atomic mass is 10.0. The molecular weight excluding hydrogens is 288 g/mol. The number of aromatic nitrogens is 1. The first kappa shape index (κ1) is 13.6. The van der Waals surface area contributed by atoms with Crippen LogP contribution >= 0.6 is 15.9 Å². The Labute approximate surface area is 107 Å². The van der Waals surface area contributed by atoms with Gasteiger partial charge in [-0.05, 0) is 34.0 Å². The first-order chi connectivity index (χ1) is 7.93. The third-order valence-corrected chi connectivity index (χ3v) is 2.83. The molecule has 1 aromatic rings. The second-order valence-corrected chi connectivity index (χ2v) is 4.72. The van der Waals surface area contributed by atoms with Gasteiger partial charge in [0.2, 0.25) is 0 Å². The number of aliphatic carboxylic acids is 1. The lowest BCUT2D eigenvalue weighted by Gasteiger charge is -2.17. The van der Waals surface area contributed by atoms with Crippen LogP contribution in [0.1, 0.15) is 24.3 Å². The molecule has 17 heavy (non-hydrogen) atoms. The minimum absolute atomic E-state index is 0.180. The van der Waals surface area contributed by atoms with Crippen molar-refractivity contribution in [3.8, 4) is 0 Å². The van der Waals surface area contributed by atoms with Crippen LogP contribution in [0.2, 0.25) is 0 Å². The van der Waals surface area contributed by atoms with Crippen molar-refractivity contribution in [2.45, 2.75) is 19.9 Å². The van der Waals surface area contributed by atoms with E-state index in [0.29, 0.717) is 4.47 Å². The molecule has 0 fully saturated rings. The van der Waals surface area contributed by atoms with Crippen LogP contribution < -0.4 is 5.32 Å². The molecule has 0 aromatic carbocycles. The number of carboxylic acids is 1. The summed E-state index contributed by atoms with van der Waals surface area (Å²) < 4.78 is 0.533. The van der Waals surface area contributed by atoms with Gasteiger partial charge < -0.3 is 10.4 Å². The van der Waals surface area contributed by atoms with Gasteiger partial charge in [0.1, 0.15) is 11.7 Å². The highest BCUT2D eigenvalue weighted by atomic mass is 79.9. The first-order valence-electron chi connectivity index (χ1n) is 5.07.